The summed E-state index contributed by atoms with van der Waals surface area (Å²) in [6, 6.07) is 17.9. The number of methoxy groups -OCH3 is 1. The average molecular weight is 393 g/mol. The van der Waals surface area contributed by atoms with Gasteiger partial charge in [-0.1, -0.05) is 42.5 Å². The van der Waals surface area contributed by atoms with Gasteiger partial charge in [0.05, 0.1) is 19.3 Å². The van der Waals surface area contributed by atoms with Crippen molar-refractivity contribution in [3.63, 3.8) is 0 Å². The van der Waals surface area contributed by atoms with Crippen LogP contribution in [0.5, 0.6) is 5.75 Å². The van der Waals surface area contributed by atoms with Gasteiger partial charge in [0.1, 0.15) is 5.75 Å². The van der Waals surface area contributed by atoms with Gasteiger partial charge in [0.2, 0.25) is 0 Å². The van der Waals surface area contributed by atoms with E-state index in [-0.39, 0.29) is 6.03 Å². The molecule has 0 saturated carbocycles. The first-order valence-electron chi connectivity index (χ1n) is 9.78. The summed E-state index contributed by atoms with van der Waals surface area (Å²) in [7, 11) is 1.65. The second-order valence-electron chi connectivity index (χ2n) is 7.00. The maximum atomic E-state index is 12.2. The normalized spacial score (nSPS) is 10.6. The highest BCUT2D eigenvalue weighted by Crippen LogP contribution is 2.15. The number of aryl methyl sites for hydroxylation is 1. The second kappa shape index (κ2) is 9.78. The molecule has 152 valence electrons. The molecule has 0 saturated heterocycles. The maximum Gasteiger partial charge on any atom is 0.315 e. The summed E-state index contributed by atoms with van der Waals surface area (Å²) in [5, 5.41) is 10.5. The van der Waals surface area contributed by atoms with Gasteiger partial charge in [-0.2, -0.15) is 5.10 Å². The third-order valence-electron chi connectivity index (χ3n) is 4.97. The molecule has 1 aromatic heterocycles. The average Bonchev–Trinajstić information content (AvgIpc) is 3.00. The van der Waals surface area contributed by atoms with Gasteiger partial charge in [0.25, 0.3) is 0 Å². The van der Waals surface area contributed by atoms with E-state index in [1.54, 1.807) is 7.11 Å². The highest BCUT2D eigenvalue weighted by atomic mass is 16.5. The van der Waals surface area contributed by atoms with E-state index in [2.05, 4.69) is 27.9 Å². The van der Waals surface area contributed by atoms with Crippen LogP contribution in [0.15, 0.2) is 54.6 Å². The van der Waals surface area contributed by atoms with Gasteiger partial charge in [-0.15, -0.1) is 0 Å². The van der Waals surface area contributed by atoms with Crippen LogP contribution in [0.3, 0.4) is 0 Å². The zero-order valence-corrected chi connectivity index (χ0v) is 17.2. The quantitative estimate of drug-likeness (QED) is 0.615. The van der Waals surface area contributed by atoms with E-state index in [0.29, 0.717) is 13.1 Å². The minimum atomic E-state index is -0.178. The summed E-state index contributed by atoms with van der Waals surface area (Å²) in [4.78, 5) is 12.2. The molecular formula is C23H28N4O2. The Labute approximate surface area is 171 Å². The standard InChI is InChI=1S/C23H28N4O2/c1-17-22(18(2)27(26-17)16-20-8-5-4-6-9-20)15-25-23(28)24-13-12-19-10-7-11-21(14-19)29-3/h4-11,14H,12-13,15-16H2,1-3H3,(H2,24,25,28). The number of urea groups is 1. The third-order valence-corrected chi connectivity index (χ3v) is 4.97. The third kappa shape index (κ3) is 5.60. The number of benzene rings is 2. The second-order valence-corrected chi connectivity index (χ2v) is 7.00. The Kier molecular flexibility index (Phi) is 6.89. The molecule has 29 heavy (non-hydrogen) atoms. The lowest BCUT2D eigenvalue weighted by atomic mass is 10.1. The van der Waals surface area contributed by atoms with Crippen LogP contribution in [-0.2, 0) is 19.5 Å². The van der Waals surface area contributed by atoms with Gasteiger partial charge in [-0.3, -0.25) is 4.68 Å². The Bertz CT molecular complexity index is 951. The van der Waals surface area contributed by atoms with Crippen molar-refractivity contribution < 1.29 is 9.53 Å². The van der Waals surface area contributed by atoms with Crippen molar-refractivity contribution in [1.29, 1.82) is 0 Å². The van der Waals surface area contributed by atoms with Crippen LogP contribution < -0.4 is 15.4 Å². The number of nitrogens with zero attached hydrogens (tertiary/aromatic N) is 2. The lowest BCUT2D eigenvalue weighted by molar-refractivity contribution is 0.240. The largest absolute Gasteiger partial charge is 0.497 e. The van der Waals surface area contributed by atoms with Gasteiger partial charge < -0.3 is 15.4 Å². The first kappa shape index (κ1) is 20.5. The van der Waals surface area contributed by atoms with Gasteiger partial charge >= 0.3 is 6.03 Å². The number of aromatic nitrogens is 2. The first-order valence-corrected chi connectivity index (χ1v) is 9.78. The number of hydrogen-bond donors (Lipinski definition) is 2. The van der Waals surface area contributed by atoms with Crippen LogP contribution in [0.25, 0.3) is 0 Å². The molecule has 0 bridgehead atoms. The molecule has 2 N–H and O–H groups in total. The maximum absolute atomic E-state index is 12.2. The zero-order chi connectivity index (χ0) is 20.6. The van der Waals surface area contributed by atoms with Crippen molar-refractivity contribution in [3.8, 4) is 5.75 Å². The van der Waals surface area contributed by atoms with Crippen molar-refractivity contribution in [3.05, 3.63) is 82.7 Å². The Balaban J connectivity index is 1.49. The molecule has 3 rings (SSSR count). The highest BCUT2D eigenvalue weighted by molar-refractivity contribution is 5.73. The molecule has 0 spiro atoms. The van der Waals surface area contributed by atoms with E-state index >= 15 is 0 Å². The van der Waals surface area contributed by atoms with E-state index in [9.17, 15) is 4.79 Å². The van der Waals surface area contributed by atoms with Crippen molar-refractivity contribution in [1.82, 2.24) is 20.4 Å². The summed E-state index contributed by atoms with van der Waals surface area (Å²) in [5.41, 5.74) is 5.40. The fourth-order valence-corrected chi connectivity index (χ4v) is 3.28. The van der Waals surface area contributed by atoms with Crippen LogP contribution in [0.1, 0.15) is 28.1 Å². The Hall–Kier alpha value is -3.28. The number of ether oxygens (including phenoxy) is 1. The minimum absolute atomic E-state index is 0.178. The van der Waals surface area contributed by atoms with Crippen molar-refractivity contribution in [2.24, 2.45) is 0 Å². The van der Waals surface area contributed by atoms with Gasteiger partial charge in [0.15, 0.2) is 0 Å². The van der Waals surface area contributed by atoms with Crippen LogP contribution >= 0.6 is 0 Å². The van der Waals surface area contributed by atoms with Gasteiger partial charge in [0, 0.05) is 24.3 Å². The molecule has 3 aromatic rings. The first-order chi connectivity index (χ1) is 14.1. The predicted octanol–water partition coefficient (Wildman–Crippen LogP) is 3.60. The molecule has 0 radical (unpaired) electrons. The molecule has 2 amide bonds. The number of carbonyl (C=O) groups excluding carboxylic acids is 1. The molecule has 6 nitrogen and oxygen atoms in total. The number of nitrogens with one attached hydrogen (secondary N) is 2. The molecule has 0 aliphatic carbocycles. The molecule has 0 aliphatic rings. The summed E-state index contributed by atoms with van der Waals surface area (Å²) < 4.78 is 7.21. The molecule has 6 heteroatoms. The van der Waals surface area contributed by atoms with E-state index in [1.807, 2.05) is 61.0 Å². The van der Waals surface area contributed by atoms with E-state index in [1.165, 1.54) is 5.56 Å². The molecule has 0 fully saturated rings. The number of hydrogen-bond acceptors (Lipinski definition) is 3. The Morgan fingerprint density at radius 2 is 1.79 bits per heavy atom. The number of carbonyl (C=O) groups is 1. The van der Waals surface area contributed by atoms with Crippen LogP contribution in [0.2, 0.25) is 0 Å². The van der Waals surface area contributed by atoms with Crippen LogP contribution in [0, 0.1) is 13.8 Å². The minimum Gasteiger partial charge on any atom is -0.497 e. The fourth-order valence-electron chi connectivity index (χ4n) is 3.28. The van der Waals surface area contributed by atoms with Crippen molar-refractivity contribution in [2.75, 3.05) is 13.7 Å². The Morgan fingerprint density at radius 3 is 2.55 bits per heavy atom. The SMILES string of the molecule is COc1cccc(CCNC(=O)NCc2c(C)nn(Cc3ccccc3)c2C)c1. The van der Waals surface area contributed by atoms with E-state index in [4.69, 9.17) is 4.74 Å². The van der Waals surface area contributed by atoms with Crippen LogP contribution in [-0.4, -0.2) is 29.5 Å². The fraction of sp³-hybridized carbons (Fsp3) is 0.304. The van der Waals surface area contributed by atoms with Crippen molar-refractivity contribution in [2.45, 2.75) is 33.4 Å². The number of amides is 2. The molecule has 0 unspecified atom stereocenters. The Morgan fingerprint density at radius 1 is 1.03 bits per heavy atom. The van der Waals surface area contributed by atoms with Gasteiger partial charge in [-0.05, 0) is 43.5 Å². The van der Waals surface area contributed by atoms with Crippen molar-refractivity contribution >= 4 is 6.03 Å². The number of rotatable bonds is 8. The molecule has 0 atom stereocenters. The topological polar surface area (TPSA) is 68.2 Å². The van der Waals surface area contributed by atoms with Gasteiger partial charge in [-0.25, -0.2) is 4.79 Å². The monoisotopic (exact) mass is 392 g/mol. The zero-order valence-electron chi connectivity index (χ0n) is 17.2. The summed E-state index contributed by atoms with van der Waals surface area (Å²) >= 11 is 0. The highest BCUT2D eigenvalue weighted by Gasteiger charge is 2.12. The smallest absolute Gasteiger partial charge is 0.315 e. The predicted molar refractivity (Wildman–Crippen MR) is 114 cm³/mol. The molecule has 2 aromatic carbocycles. The molecular weight excluding hydrogens is 364 g/mol. The lowest BCUT2D eigenvalue weighted by Crippen LogP contribution is -2.36. The molecule has 0 aliphatic heterocycles. The molecule has 1 heterocycles. The van der Waals surface area contributed by atoms with Crippen LogP contribution in [0.4, 0.5) is 4.79 Å². The summed E-state index contributed by atoms with van der Waals surface area (Å²) in [5.74, 6) is 0.824. The van der Waals surface area contributed by atoms with E-state index in [0.717, 1.165) is 41.2 Å². The van der Waals surface area contributed by atoms with E-state index < -0.39 is 0 Å². The summed E-state index contributed by atoms with van der Waals surface area (Å²) in [6.45, 7) is 5.76. The lowest BCUT2D eigenvalue weighted by Gasteiger charge is -2.09. The summed E-state index contributed by atoms with van der Waals surface area (Å²) in [6.07, 6.45) is 0.748.